The van der Waals surface area contributed by atoms with E-state index in [0.717, 1.165) is 0 Å². The highest BCUT2D eigenvalue weighted by Gasteiger charge is 2.41. The number of ether oxygens (including phenoxy) is 1. The van der Waals surface area contributed by atoms with E-state index in [4.69, 9.17) is 4.74 Å². The number of hydrogen-bond acceptors (Lipinski definition) is 3. The fourth-order valence-corrected chi connectivity index (χ4v) is 1.75. The van der Waals surface area contributed by atoms with Gasteiger partial charge in [0, 0.05) is 12.8 Å². The van der Waals surface area contributed by atoms with Crippen LogP contribution in [0.3, 0.4) is 0 Å². The molecule has 0 aromatic rings. The van der Waals surface area contributed by atoms with E-state index in [1.54, 1.807) is 0 Å². The molecule has 0 radical (unpaired) electrons. The van der Waals surface area contributed by atoms with Gasteiger partial charge in [-0.2, -0.15) is 0 Å². The van der Waals surface area contributed by atoms with Gasteiger partial charge in [0.05, 0.1) is 5.92 Å². The zero-order chi connectivity index (χ0) is 9.35. The Morgan fingerprint density at radius 2 is 2.33 bits per heavy atom. The predicted octanol–water partition coefficient (Wildman–Crippen LogP) is 1.31. The van der Waals surface area contributed by atoms with Crippen LogP contribution in [0.5, 0.6) is 0 Å². The van der Waals surface area contributed by atoms with Gasteiger partial charge in [0.25, 0.3) is 0 Å². The molecule has 2 atom stereocenters. The van der Waals surface area contributed by atoms with Gasteiger partial charge in [-0.1, -0.05) is 6.92 Å². The van der Waals surface area contributed by atoms with Gasteiger partial charge in [-0.25, -0.2) is 0 Å². The second kappa shape index (κ2) is 2.88. The first-order valence-electron chi connectivity index (χ1n) is 4.15. The number of esters is 1. The fourth-order valence-electron chi connectivity index (χ4n) is 1.75. The summed E-state index contributed by atoms with van der Waals surface area (Å²) in [4.78, 5) is 21.9. The SMILES string of the molecule is CC(=O)C[C@@]1(C)C[C@H](C)C(=O)O1. The van der Waals surface area contributed by atoms with E-state index in [-0.39, 0.29) is 17.7 Å². The van der Waals surface area contributed by atoms with Gasteiger partial charge >= 0.3 is 5.97 Å². The van der Waals surface area contributed by atoms with Crippen molar-refractivity contribution in [1.29, 1.82) is 0 Å². The summed E-state index contributed by atoms with van der Waals surface area (Å²) < 4.78 is 5.11. The standard InChI is InChI=1S/C9H14O3/c1-6-4-9(3,5-7(2)10)12-8(6)11/h6H,4-5H2,1-3H3/t6-,9+/m0/s1. The van der Waals surface area contributed by atoms with Crippen molar-refractivity contribution in [3.8, 4) is 0 Å². The predicted molar refractivity (Wildman–Crippen MR) is 43.6 cm³/mol. The number of hydrogen-bond donors (Lipinski definition) is 0. The lowest BCUT2D eigenvalue weighted by molar-refractivity contribution is -0.150. The number of Topliss-reactive ketones (excluding diaryl/α,β-unsaturated/α-hetero) is 1. The molecule has 0 saturated carbocycles. The molecule has 0 aromatic carbocycles. The van der Waals surface area contributed by atoms with Crippen molar-refractivity contribution < 1.29 is 14.3 Å². The zero-order valence-corrected chi connectivity index (χ0v) is 7.72. The Bertz CT molecular complexity index is 218. The Labute approximate surface area is 72.1 Å². The molecule has 0 unspecified atom stereocenters. The summed E-state index contributed by atoms with van der Waals surface area (Å²) in [6.45, 7) is 5.16. The number of ketones is 1. The number of carbonyl (C=O) groups excluding carboxylic acids is 2. The first-order valence-corrected chi connectivity index (χ1v) is 4.15. The van der Waals surface area contributed by atoms with Crippen LogP contribution in [0.1, 0.15) is 33.6 Å². The van der Waals surface area contributed by atoms with Crippen molar-refractivity contribution in [3.05, 3.63) is 0 Å². The quantitative estimate of drug-likeness (QED) is 0.587. The Balaban J connectivity index is 2.63. The summed E-state index contributed by atoms with van der Waals surface area (Å²) in [5.74, 6) is -0.174. The zero-order valence-electron chi connectivity index (χ0n) is 7.72. The van der Waals surface area contributed by atoms with E-state index in [2.05, 4.69) is 0 Å². The second-order valence-electron chi connectivity index (χ2n) is 3.85. The highest BCUT2D eigenvalue weighted by molar-refractivity contribution is 5.80. The van der Waals surface area contributed by atoms with E-state index in [1.807, 2.05) is 13.8 Å². The van der Waals surface area contributed by atoms with Gasteiger partial charge in [0.1, 0.15) is 11.4 Å². The molecule has 12 heavy (non-hydrogen) atoms. The molecule has 0 bridgehead atoms. The van der Waals surface area contributed by atoms with E-state index in [1.165, 1.54) is 6.92 Å². The number of rotatable bonds is 2. The van der Waals surface area contributed by atoms with Gasteiger partial charge in [-0.05, 0) is 13.8 Å². The number of carbonyl (C=O) groups is 2. The number of cyclic esters (lactones) is 1. The summed E-state index contributed by atoms with van der Waals surface area (Å²) in [5, 5.41) is 0. The second-order valence-corrected chi connectivity index (χ2v) is 3.85. The third-order valence-electron chi connectivity index (χ3n) is 2.11. The minimum absolute atomic E-state index is 0.0608. The van der Waals surface area contributed by atoms with Crippen molar-refractivity contribution in [3.63, 3.8) is 0 Å². The van der Waals surface area contributed by atoms with Crippen LogP contribution in [0.2, 0.25) is 0 Å². The Hall–Kier alpha value is -0.860. The Kier molecular flexibility index (Phi) is 2.22. The van der Waals surface area contributed by atoms with Crippen molar-refractivity contribution in [1.82, 2.24) is 0 Å². The lowest BCUT2D eigenvalue weighted by Crippen LogP contribution is -2.26. The van der Waals surface area contributed by atoms with Gasteiger partial charge in [0.15, 0.2) is 0 Å². The average molecular weight is 170 g/mol. The minimum Gasteiger partial charge on any atom is -0.459 e. The van der Waals surface area contributed by atoms with Crippen LogP contribution >= 0.6 is 0 Å². The van der Waals surface area contributed by atoms with Crippen LogP contribution < -0.4 is 0 Å². The van der Waals surface area contributed by atoms with Crippen molar-refractivity contribution >= 4 is 11.8 Å². The molecule has 0 spiro atoms. The van der Waals surface area contributed by atoms with Crippen LogP contribution in [0, 0.1) is 5.92 Å². The molecular formula is C9H14O3. The molecule has 3 nitrogen and oxygen atoms in total. The molecule has 0 amide bonds. The minimum atomic E-state index is -0.539. The molecule has 1 rings (SSSR count). The first-order chi connectivity index (χ1) is 5.43. The molecule has 0 aliphatic carbocycles. The maximum atomic E-state index is 11.0. The van der Waals surface area contributed by atoms with Crippen molar-refractivity contribution in [2.75, 3.05) is 0 Å². The van der Waals surface area contributed by atoms with Gasteiger partial charge in [0.2, 0.25) is 0 Å². The highest BCUT2D eigenvalue weighted by Crippen LogP contribution is 2.33. The summed E-state index contributed by atoms with van der Waals surface area (Å²) in [6.07, 6.45) is 0.995. The maximum Gasteiger partial charge on any atom is 0.309 e. The summed E-state index contributed by atoms with van der Waals surface area (Å²) in [7, 11) is 0. The molecule has 1 aliphatic heterocycles. The molecule has 0 N–H and O–H groups in total. The molecule has 1 aliphatic rings. The van der Waals surface area contributed by atoms with Crippen molar-refractivity contribution in [2.45, 2.75) is 39.2 Å². The lowest BCUT2D eigenvalue weighted by Gasteiger charge is -2.20. The summed E-state index contributed by atoms with van der Waals surface area (Å²) in [5.41, 5.74) is -0.539. The van der Waals surface area contributed by atoms with E-state index < -0.39 is 5.60 Å². The molecule has 68 valence electrons. The Morgan fingerprint density at radius 1 is 1.75 bits per heavy atom. The fraction of sp³-hybridized carbons (Fsp3) is 0.778. The monoisotopic (exact) mass is 170 g/mol. The summed E-state index contributed by atoms with van der Waals surface area (Å²) in [6, 6.07) is 0. The average Bonchev–Trinajstić information content (AvgIpc) is 2.04. The smallest absolute Gasteiger partial charge is 0.309 e. The largest absolute Gasteiger partial charge is 0.459 e. The van der Waals surface area contributed by atoms with Gasteiger partial charge < -0.3 is 4.74 Å². The van der Waals surface area contributed by atoms with Crippen LogP contribution in [-0.4, -0.2) is 17.4 Å². The van der Waals surface area contributed by atoms with Crippen molar-refractivity contribution in [2.24, 2.45) is 5.92 Å². The van der Waals surface area contributed by atoms with Crippen LogP contribution in [0.4, 0.5) is 0 Å². The topological polar surface area (TPSA) is 43.4 Å². The van der Waals surface area contributed by atoms with E-state index in [0.29, 0.717) is 12.8 Å². The first kappa shape index (κ1) is 9.23. The van der Waals surface area contributed by atoms with Crippen LogP contribution in [0.25, 0.3) is 0 Å². The third kappa shape index (κ3) is 1.84. The highest BCUT2D eigenvalue weighted by atomic mass is 16.6. The Morgan fingerprint density at radius 3 is 2.67 bits per heavy atom. The van der Waals surface area contributed by atoms with Crippen LogP contribution in [-0.2, 0) is 14.3 Å². The van der Waals surface area contributed by atoms with Crippen LogP contribution in [0.15, 0.2) is 0 Å². The van der Waals surface area contributed by atoms with E-state index >= 15 is 0 Å². The van der Waals surface area contributed by atoms with E-state index in [9.17, 15) is 9.59 Å². The molecular weight excluding hydrogens is 156 g/mol. The molecule has 1 heterocycles. The molecule has 1 saturated heterocycles. The summed E-state index contributed by atoms with van der Waals surface area (Å²) >= 11 is 0. The lowest BCUT2D eigenvalue weighted by atomic mass is 9.92. The third-order valence-corrected chi connectivity index (χ3v) is 2.11. The normalized spacial score (nSPS) is 34.9. The molecule has 1 fully saturated rings. The van der Waals surface area contributed by atoms with Gasteiger partial charge in [-0.15, -0.1) is 0 Å². The van der Waals surface area contributed by atoms with Gasteiger partial charge in [-0.3, -0.25) is 9.59 Å². The molecule has 0 aromatic heterocycles. The maximum absolute atomic E-state index is 11.0. The molecule has 3 heteroatoms.